The molecule has 1 aromatic heterocycles. The normalized spacial score (nSPS) is 11.4. The van der Waals surface area contributed by atoms with Gasteiger partial charge in [-0.3, -0.25) is 0 Å². The van der Waals surface area contributed by atoms with E-state index >= 15 is 0 Å². The van der Waals surface area contributed by atoms with Gasteiger partial charge in [0, 0.05) is 22.9 Å². The highest BCUT2D eigenvalue weighted by molar-refractivity contribution is 9.10. The zero-order valence-electron chi connectivity index (χ0n) is 11.9. The topological polar surface area (TPSA) is 38.2 Å². The van der Waals surface area contributed by atoms with Crippen LogP contribution in [0.15, 0.2) is 34.9 Å². The Morgan fingerprint density at radius 1 is 1.23 bits per heavy atom. The number of anilines is 2. The summed E-state index contributed by atoms with van der Waals surface area (Å²) in [6.45, 7) is 2.35. The second-order valence-electron chi connectivity index (χ2n) is 4.31. The molecule has 0 saturated heterocycles. The summed E-state index contributed by atoms with van der Waals surface area (Å²) < 4.78 is 44.2. The Morgan fingerprint density at radius 3 is 2.36 bits per heavy atom. The van der Waals surface area contributed by atoms with Crippen LogP contribution in [0.4, 0.5) is 24.8 Å². The van der Waals surface area contributed by atoms with Crippen LogP contribution in [0.2, 0.25) is 0 Å². The van der Waals surface area contributed by atoms with Gasteiger partial charge >= 0.3 is 6.18 Å². The lowest BCUT2D eigenvalue weighted by atomic mass is 10.3. The van der Waals surface area contributed by atoms with E-state index < -0.39 is 17.6 Å². The first-order chi connectivity index (χ1) is 10.4. The number of aromatic nitrogens is 2. The van der Waals surface area contributed by atoms with Gasteiger partial charge in [-0.2, -0.15) is 18.2 Å². The molecule has 0 bridgehead atoms. The molecule has 0 fully saturated rings. The number of ether oxygens (including phenoxy) is 1. The quantitative estimate of drug-likeness (QED) is 0.792. The maximum atomic E-state index is 12.8. The van der Waals surface area contributed by atoms with E-state index in [1.54, 1.807) is 4.90 Å². The Hall–Kier alpha value is -1.83. The summed E-state index contributed by atoms with van der Waals surface area (Å²) in [6.07, 6.45) is -3.82. The van der Waals surface area contributed by atoms with Gasteiger partial charge in [-0.1, -0.05) is 15.9 Å². The molecule has 0 radical (unpaired) electrons. The molecule has 0 N–H and O–H groups in total. The number of rotatable bonds is 4. The minimum atomic E-state index is -4.56. The summed E-state index contributed by atoms with van der Waals surface area (Å²) in [5.41, 5.74) is -0.224. The van der Waals surface area contributed by atoms with E-state index in [0.717, 1.165) is 23.5 Å². The van der Waals surface area contributed by atoms with E-state index in [1.807, 2.05) is 31.2 Å². The van der Waals surface area contributed by atoms with Crippen LogP contribution in [-0.2, 0) is 6.18 Å². The minimum Gasteiger partial charge on any atom is -0.480 e. The van der Waals surface area contributed by atoms with Crippen molar-refractivity contribution < 1.29 is 17.9 Å². The number of methoxy groups -OCH3 is 1. The molecule has 118 valence electrons. The molecule has 1 aromatic carbocycles. The molecule has 2 rings (SSSR count). The molecule has 0 saturated carbocycles. The molecule has 0 atom stereocenters. The Balaban J connectivity index is 2.44. The summed E-state index contributed by atoms with van der Waals surface area (Å²) in [4.78, 5) is 9.40. The summed E-state index contributed by atoms with van der Waals surface area (Å²) in [5, 5.41) is 0. The number of halogens is 4. The van der Waals surface area contributed by atoms with Crippen molar-refractivity contribution in [2.45, 2.75) is 13.1 Å². The van der Waals surface area contributed by atoms with E-state index in [1.165, 1.54) is 0 Å². The van der Waals surface area contributed by atoms with Crippen molar-refractivity contribution in [2.75, 3.05) is 18.6 Å². The van der Waals surface area contributed by atoms with Crippen molar-refractivity contribution in [2.24, 2.45) is 0 Å². The first-order valence-electron chi connectivity index (χ1n) is 6.38. The Morgan fingerprint density at radius 2 is 1.86 bits per heavy atom. The first-order valence-corrected chi connectivity index (χ1v) is 7.17. The first kappa shape index (κ1) is 16.5. The van der Waals surface area contributed by atoms with Gasteiger partial charge in [0.05, 0.1) is 7.11 Å². The van der Waals surface area contributed by atoms with Gasteiger partial charge in [0.2, 0.25) is 11.8 Å². The summed E-state index contributed by atoms with van der Waals surface area (Å²) in [6, 6.07) is 7.31. The van der Waals surface area contributed by atoms with Gasteiger partial charge in [-0.05, 0) is 31.2 Å². The molecule has 22 heavy (non-hydrogen) atoms. The van der Waals surface area contributed by atoms with Crippen LogP contribution in [0, 0.1) is 0 Å². The van der Waals surface area contributed by atoms with Crippen molar-refractivity contribution in [3.05, 3.63) is 40.5 Å². The average molecular weight is 376 g/mol. The zero-order chi connectivity index (χ0) is 16.3. The fraction of sp³-hybridized carbons (Fsp3) is 0.286. The molecule has 0 aliphatic carbocycles. The van der Waals surface area contributed by atoms with Crippen molar-refractivity contribution in [3.8, 4) is 5.88 Å². The monoisotopic (exact) mass is 375 g/mol. The van der Waals surface area contributed by atoms with Crippen LogP contribution in [0.1, 0.15) is 12.5 Å². The van der Waals surface area contributed by atoms with Gasteiger partial charge in [0.15, 0.2) is 0 Å². The van der Waals surface area contributed by atoms with Crippen molar-refractivity contribution in [3.63, 3.8) is 0 Å². The van der Waals surface area contributed by atoms with Crippen LogP contribution in [0.25, 0.3) is 0 Å². The maximum absolute atomic E-state index is 12.8. The van der Waals surface area contributed by atoms with Gasteiger partial charge in [0.25, 0.3) is 0 Å². The standard InChI is InChI=1S/C14H13BrF3N3O/c1-3-21(10-6-4-9(15)5-7-10)13-19-8-11(14(16,17)18)12(20-13)22-2/h4-8H,3H2,1-2H3. The van der Waals surface area contributed by atoms with Crippen LogP contribution in [-0.4, -0.2) is 23.6 Å². The van der Waals surface area contributed by atoms with Crippen LogP contribution >= 0.6 is 15.9 Å². The molecule has 0 amide bonds. The smallest absolute Gasteiger partial charge is 0.423 e. The van der Waals surface area contributed by atoms with Crippen molar-refractivity contribution in [1.29, 1.82) is 0 Å². The maximum Gasteiger partial charge on any atom is 0.423 e. The molecule has 0 aliphatic heterocycles. The summed E-state index contributed by atoms with van der Waals surface area (Å²) in [5.74, 6) is -0.345. The predicted octanol–water partition coefficient (Wildman–Crippen LogP) is 4.42. The number of hydrogen-bond acceptors (Lipinski definition) is 4. The third-order valence-electron chi connectivity index (χ3n) is 2.94. The number of hydrogen-bond donors (Lipinski definition) is 0. The third-order valence-corrected chi connectivity index (χ3v) is 3.46. The van der Waals surface area contributed by atoms with Crippen molar-refractivity contribution >= 4 is 27.6 Å². The Kier molecular flexibility index (Phi) is 4.90. The lowest BCUT2D eigenvalue weighted by Crippen LogP contribution is -2.20. The van der Waals surface area contributed by atoms with E-state index in [9.17, 15) is 13.2 Å². The highest BCUT2D eigenvalue weighted by atomic mass is 79.9. The van der Waals surface area contributed by atoms with Crippen LogP contribution < -0.4 is 9.64 Å². The van der Waals surface area contributed by atoms with Crippen LogP contribution in [0.5, 0.6) is 5.88 Å². The highest BCUT2D eigenvalue weighted by Crippen LogP contribution is 2.36. The average Bonchev–Trinajstić information content (AvgIpc) is 2.48. The molecule has 0 spiro atoms. The largest absolute Gasteiger partial charge is 0.480 e. The molecule has 8 heteroatoms. The fourth-order valence-electron chi connectivity index (χ4n) is 1.90. The molecular formula is C14H13BrF3N3O. The lowest BCUT2D eigenvalue weighted by molar-refractivity contribution is -0.139. The SMILES string of the molecule is CCN(c1ccc(Br)cc1)c1ncc(C(F)(F)F)c(OC)n1. The molecule has 1 heterocycles. The van der Waals surface area contributed by atoms with Gasteiger partial charge < -0.3 is 9.64 Å². The molecule has 0 unspecified atom stereocenters. The summed E-state index contributed by atoms with van der Waals surface area (Å²) in [7, 11) is 1.15. The molecular weight excluding hydrogens is 363 g/mol. The molecule has 4 nitrogen and oxygen atoms in total. The fourth-order valence-corrected chi connectivity index (χ4v) is 2.16. The zero-order valence-corrected chi connectivity index (χ0v) is 13.4. The van der Waals surface area contributed by atoms with E-state index in [4.69, 9.17) is 4.74 Å². The van der Waals surface area contributed by atoms with Gasteiger partial charge in [-0.15, -0.1) is 0 Å². The number of nitrogens with zero attached hydrogens (tertiary/aromatic N) is 3. The van der Waals surface area contributed by atoms with Gasteiger partial charge in [-0.25, -0.2) is 4.98 Å². The molecule has 2 aromatic rings. The lowest BCUT2D eigenvalue weighted by Gasteiger charge is -2.22. The van der Waals surface area contributed by atoms with E-state index in [0.29, 0.717) is 6.54 Å². The van der Waals surface area contributed by atoms with E-state index in [2.05, 4.69) is 25.9 Å². The van der Waals surface area contributed by atoms with Crippen LogP contribution in [0.3, 0.4) is 0 Å². The number of benzene rings is 1. The third kappa shape index (κ3) is 3.49. The summed E-state index contributed by atoms with van der Waals surface area (Å²) >= 11 is 3.33. The van der Waals surface area contributed by atoms with E-state index in [-0.39, 0.29) is 5.95 Å². The second kappa shape index (κ2) is 6.51. The Labute approximate surface area is 134 Å². The second-order valence-corrected chi connectivity index (χ2v) is 5.23. The predicted molar refractivity (Wildman–Crippen MR) is 80.4 cm³/mol. The van der Waals surface area contributed by atoms with Crippen molar-refractivity contribution in [1.82, 2.24) is 9.97 Å². The highest BCUT2D eigenvalue weighted by Gasteiger charge is 2.36. The van der Waals surface area contributed by atoms with Gasteiger partial charge in [0.1, 0.15) is 5.56 Å². The minimum absolute atomic E-state index is 0.148. The Bertz CT molecular complexity index is 647. The number of alkyl halides is 3. The molecule has 0 aliphatic rings.